The first-order chi connectivity index (χ1) is 12.8. The van der Waals surface area contributed by atoms with Gasteiger partial charge < -0.3 is 0 Å². The van der Waals surface area contributed by atoms with Crippen molar-refractivity contribution >= 4 is 0 Å². The van der Waals surface area contributed by atoms with Gasteiger partial charge in [-0.15, -0.1) is 0 Å². The van der Waals surface area contributed by atoms with Crippen molar-refractivity contribution in [2.45, 2.75) is 12.3 Å². The molecule has 1 aliphatic rings. The van der Waals surface area contributed by atoms with Crippen LogP contribution < -0.4 is 0 Å². The molecule has 0 bridgehead atoms. The molecule has 0 unspecified atom stereocenters. The highest BCUT2D eigenvalue weighted by molar-refractivity contribution is 5.86. The molecule has 0 saturated heterocycles. The second-order valence-corrected chi connectivity index (χ2v) is 6.56. The van der Waals surface area contributed by atoms with Gasteiger partial charge in [-0.3, -0.25) is 0 Å². The fraction of sp³-hybridized carbons (Fsp3) is 0.0769. The molecule has 0 atom stereocenters. The summed E-state index contributed by atoms with van der Waals surface area (Å²) in [5, 5.41) is 0. The average molecular weight is 334 g/mol. The zero-order chi connectivity index (χ0) is 18.0. The number of hydrogen-bond acceptors (Lipinski definition) is 0. The molecule has 3 aromatic carbocycles. The molecule has 0 radical (unpaired) electrons. The fourth-order valence-corrected chi connectivity index (χ4v) is 4.26. The maximum absolute atomic E-state index is 4.17. The Morgan fingerprint density at radius 2 is 1.31 bits per heavy atom. The lowest BCUT2D eigenvalue weighted by atomic mass is 9.67. The Bertz CT molecular complexity index is 957. The van der Waals surface area contributed by atoms with Crippen molar-refractivity contribution in [2.75, 3.05) is 0 Å². The van der Waals surface area contributed by atoms with E-state index in [2.05, 4.69) is 104 Å². The molecule has 1 aliphatic carbocycles. The molecule has 4 rings (SSSR count). The molecule has 0 heterocycles. The van der Waals surface area contributed by atoms with E-state index in [0.717, 1.165) is 0 Å². The summed E-state index contributed by atoms with van der Waals surface area (Å²) >= 11 is 0. The first-order valence-corrected chi connectivity index (χ1v) is 9.04. The van der Waals surface area contributed by atoms with Gasteiger partial charge in [-0.2, -0.15) is 0 Å². The highest BCUT2D eigenvalue weighted by Crippen LogP contribution is 2.56. The Morgan fingerprint density at radius 1 is 0.769 bits per heavy atom. The molecular weight excluding hydrogens is 312 g/mol. The Morgan fingerprint density at radius 3 is 1.85 bits per heavy atom. The van der Waals surface area contributed by atoms with E-state index in [4.69, 9.17) is 0 Å². The number of fused-ring (bicyclic) bond motifs is 3. The summed E-state index contributed by atoms with van der Waals surface area (Å²) in [5.41, 5.74) is 7.38. The third-order valence-corrected chi connectivity index (χ3v) is 5.28. The lowest BCUT2D eigenvalue weighted by Gasteiger charge is -2.34. The minimum atomic E-state index is -0.338. The summed E-state index contributed by atoms with van der Waals surface area (Å²) in [6.45, 7) is 6.22. The monoisotopic (exact) mass is 334 g/mol. The predicted octanol–water partition coefficient (Wildman–Crippen LogP) is 6.69. The molecule has 0 spiro atoms. The molecule has 0 heteroatoms. The van der Waals surface area contributed by atoms with Crippen molar-refractivity contribution in [3.05, 3.63) is 132 Å². The average Bonchev–Trinajstić information content (AvgIpc) is 3.01. The van der Waals surface area contributed by atoms with E-state index in [0.29, 0.717) is 0 Å². The maximum Gasteiger partial charge on any atom is 0.0713 e. The number of rotatable bonds is 4. The smallest absolute Gasteiger partial charge is 0.0713 e. The van der Waals surface area contributed by atoms with Crippen molar-refractivity contribution in [3.63, 3.8) is 0 Å². The molecule has 3 aromatic rings. The maximum atomic E-state index is 4.17. The van der Waals surface area contributed by atoms with Gasteiger partial charge in [-0.25, -0.2) is 0 Å². The van der Waals surface area contributed by atoms with Crippen LogP contribution in [0.5, 0.6) is 0 Å². The molecule has 0 N–H and O–H groups in total. The van der Waals surface area contributed by atoms with Gasteiger partial charge >= 0.3 is 0 Å². The van der Waals surface area contributed by atoms with Crippen LogP contribution in [0.25, 0.3) is 11.1 Å². The normalized spacial score (nSPS) is 14.9. The molecule has 126 valence electrons. The van der Waals surface area contributed by atoms with Crippen LogP contribution in [0.1, 0.15) is 23.6 Å². The third-order valence-electron chi connectivity index (χ3n) is 5.28. The quantitative estimate of drug-likeness (QED) is 0.466. The zero-order valence-electron chi connectivity index (χ0n) is 15.0. The minimum Gasteiger partial charge on any atom is -0.0987 e. The molecule has 0 saturated carbocycles. The van der Waals surface area contributed by atoms with Crippen LogP contribution in [0.15, 0.2) is 115 Å². The number of benzene rings is 3. The minimum absolute atomic E-state index is 0.338. The summed E-state index contributed by atoms with van der Waals surface area (Å²) < 4.78 is 0. The molecule has 0 nitrogen and oxygen atoms in total. The second-order valence-electron chi connectivity index (χ2n) is 6.56. The summed E-state index contributed by atoms with van der Waals surface area (Å²) in [5.74, 6) is 0. The lowest BCUT2D eigenvalue weighted by Crippen LogP contribution is -2.28. The Hall–Kier alpha value is -3.12. The molecule has 0 aliphatic heterocycles. The van der Waals surface area contributed by atoms with Crippen LogP contribution in [-0.4, -0.2) is 0 Å². The van der Waals surface area contributed by atoms with E-state index >= 15 is 0 Å². The molecule has 0 amide bonds. The van der Waals surface area contributed by atoms with Crippen molar-refractivity contribution < 1.29 is 0 Å². The van der Waals surface area contributed by atoms with Crippen molar-refractivity contribution in [1.82, 2.24) is 0 Å². The number of hydrogen-bond donors (Lipinski definition) is 0. The van der Waals surface area contributed by atoms with Gasteiger partial charge in [0.15, 0.2) is 0 Å². The highest BCUT2D eigenvalue weighted by atomic mass is 14.5. The standard InChI is InChI=1S/C26H22/c1-3-5-13-20(4-2)26(21-14-7-6-8-15-21)24-18-11-9-16-22(24)23-17-10-12-19-25(23)26/h3-19H,2H2,1H3/b5-3-,20-13+. The lowest BCUT2D eigenvalue weighted by molar-refractivity contribution is 0.767. The van der Waals surface area contributed by atoms with Crippen LogP contribution >= 0.6 is 0 Å². The van der Waals surface area contributed by atoms with Crippen molar-refractivity contribution in [2.24, 2.45) is 0 Å². The van der Waals surface area contributed by atoms with E-state index in [1.807, 2.05) is 13.0 Å². The van der Waals surface area contributed by atoms with Gasteiger partial charge in [-0.1, -0.05) is 110 Å². The summed E-state index contributed by atoms with van der Waals surface area (Å²) in [4.78, 5) is 0. The van der Waals surface area contributed by atoms with Gasteiger partial charge in [0.05, 0.1) is 5.41 Å². The first kappa shape index (κ1) is 16.4. The largest absolute Gasteiger partial charge is 0.0987 e. The summed E-state index contributed by atoms with van der Waals surface area (Å²) in [6, 6.07) is 28.3. The Kier molecular flexibility index (Phi) is 4.18. The van der Waals surface area contributed by atoms with Gasteiger partial charge in [0.2, 0.25) is 0 Å². The first-order valence-electron chi connectivity index (χ1n) is 9.04. The molecule has 0 aromatic heterocycles. The Labute approximate surface area is 155 Å². The second kappa shape index (κ2) is 6.65. The van der Waals surface area contributed by atoms with Crippen molar-refractivity contribution in [3.8, 4) is 11.1 Å². The molecule has 26 heavy (non-hydrogen) atoms. The van der Waals surface area contributed by atoms with Gasteiger partial charge in [0, 0.05) is 0 Å². The van der Waals surface area contributed by atoms with E-state index < -0.39 is 0 Å². The predicted molar refractivity (Wildman–Crippen MR) is 111 cm³/mol. The van der Waals surface area contributed by atoms with Gasteiger partial charge in [0.1, 0.15) is 0 Å². The molecule has 0 fully saturated rings. The fourth-order valence-electron chi connectivity index (χ4n) is 4.26. The molecular formula is C26H22. The topological polar surface area (TPSA) is 0 Å². The van der Waals surface area contributed by atoms with E-state index in [-0.39, 0.29) is 5.41 Å². The van der Waals surface area contributed by atoms with Crippen LogP contribution in [0.3, 0.4) is 0 Å². The summed E-state index contributed by atoms with van der Waals surface area (Å²) in [6.07, 6.45) is 8.37. The Balaban J connectivity index is 2.18. The van der Waals surface area contributed by atoms with Gasteiger partial charge in [-0.05, 0) is 40.3 Å². The highest BCUT2D eigenvalue weighted by Gasteiger charge is 2.45. The number of allylic oxidation sites excluding steroid dienone is 5. The zero-order valence-corrected chi connectivity index (χ0v) is 15.0. The van der Waals surface area contributed by atoms with Crippen molar-refractivity contribution in [1.29, 1.82) is 0 Å². The van der Waals surface area contributed by atoms with Crippen LogP contribution in [0.2, 0.25) is 0 Å². The van der Waals surface area contributed by atoms with Crippen LogP contribution in [0.4, 0.5) is 0 Å². The van der Waals surface area contributed by atoms with E-state index in [1.165, 1.54) is 33.4 Å². The van der Waals surface area contributed by atoms with Crippen LogP contribution in [-0.2, 0) is 5.41 Å². The van der Waals surface area contributed by atoms with E-state index in [9.17, 15) is 0 Å². The SMILES string of the molecule is C=C/C(=C\C=C/C)C1(c2ccccc2)c2ccccc2-c2ccccc21. The van der Waals surface area contributed by atoms with Gasteiger partial charge in [0.25, 0.3) is 0 Å². The van der Waals surface area contributed by atoms with E-state index in [1.54, 1.807) is 0 Å². The van der Waals surface area contributed by atoms with Crippen LogP contribution in [0, 0.1) is 0 Å². The third kappa shape index (κ3) is 2.23. The summed E-state index contributed by atoms with van der Waals surface area (Å²) in [7, 11) is 0.